The van der Waals surface area contributed by atoms with Gasteiger partial charge in [-0.2, -0.15) is 0 Å². The van der Waals surface area contributed by atoms with Crippen molar-refractivity contribution in [1.29, 1.82) is 0 Å². The molecule has 2 heterocycles. The van der Waals surface area contributed by atoms with Crippen molar-refractivity contribution in [2.75, 3.05) is 20.1 Å². The average molecular weight is 267 g/mol. The third-order valence-corrected chi connectivity index (χ3v) is 5.03. The zero-order chi connectivity index (χ0) is 13.7. The Morgan fingerprint density at radius 1 is 1.26 bits per heavy atom. The Balaban J connectivity index is 1.69. The predicted molar refractivity (Wildman–Crippen MR) is 82.6 cm³/mol. The Morgan fingerprint density at radius 3 is 2.89 bits per heavy atom. The van der Waals surface area contributed by atoms with Gasteiger partial charge in [0.15, 0.2) is 0 Å². The molecule has 0 saturated carbocycles. The van der Waals surface area contributed by atoms with Gasteiger partial charge in [-0.3, -0.25) is 0 Å². The molecular weight excluding hydrogens is 234 g/mol. The van der Waals surface area contributed by atoms with Gasteiger partial charge in [0.05, 0.1) is 0 Å². The van der Waals surface area contributed by atoms with Gasteiger partial charge in [-0.15, -0.1) is 0 Å². The average Bonchev–Trinajstić information content (AvgIpc) is 2.62. The van der Waals surface area contributed by atoms with Crippen LogP contribution in [0.25, 0.3) is 0 Å². The molecule has 0 aromatic heterocycles. The van der Waals surface area contributed by atoms with E-state index in [1.807, 2.05) is 0 Å². The molecule has 0 bridgehead atoms. The van der Waals surface area contributed by atoms with Crippen molar-refractivity contribution in [3.63, 3.8) is 0 Å². The van der Waals surface area contributed by atoms with E-state index in [2.05, 4.69) is 36.4 Å². The molecule has 0 spiro atoms. The second-order valence-corrected chi connectivity index (χ2v) is 6.85. The van der Waals surface area contributed by atoms with Crippen LogP contribution in [0.2, 0.25) is 0 Å². The van der Waals surface area contributed by atoms with E-state index in [9.17, 15) is 0 Å². The minimum Gasteiger partial charge on any atom is -0.314 e. The van der Waals surface area contributed by atoms with Crippen molar-refractivity contribution in [1.82, 2.24) is 15.5 Å². The van der Waals surface area contributed by atoms with Crippen LogP contribution in [0.15, 0.2) is 0 Å². The van der Waals surface area contributed by atoms with Crippen LogP contribution >= 0.6 is 0 Å². The van der Waals surface area contributed by atoms with Crippen molar-refractivity contribution in [3.05, 3.63) is 0 Å². The van der Waals surface area contributed by atoms with E-state index in [0.717, 1.165) is 18.1 Å². The minimum atomic E-state index is 0.649. The molecule has 2 N–H and O–H groups in total. The highest BCUT2D eigenvalue weighted by Gasteiger charge is 2.24. The van der Waals surface area contributed by atoms with Gasteiger partial charge in [0, 0.05) is 24.2 Å². The van der Waals surface area contributed by atoms with E-state index in [-0.39, 0.29) is 0 Å². The van der Waals surface area contributed by atoms with Crippen molar-refractivity contribution < 1.29 is 0 Å². The molecule has 2 aliphatic heterocycles. The van der Waals surface area contributed by atoms with Gasteiger partial charge in [-0.25, -0.2) is 0 Å². The van der Waals surface area contributed by atoms with Crippen LogP contribution in [0.4, 0.5) is 0 Å². The SMILES string of the molecule is CC(CC1CCCCCN1)NC1CCN(C)C(C)C1. The van der Waals surface area contributed by atoms with Crippen LogP contribution in [0.5, 0.6) is 0 Å². The van der Waals surface area contributed by atoms with Gasteiger partial charge in [-0.1, -0.05) is 12.8 Å². The highest BCUT2D eigenvalue weighted by molar-refractivity contribution is 4.84. The molecule has 0 aromatic carbocycles. The summed E-state index contributed by atoms with van der Waals surface area (Å²) in [4.78, 5) is 2.48. The summed E-state index contributed by atoms with van der Waals surface area (Å²) in [6.45, 7) is 7.19. The molecule has 19 heavy (non-hydrogen) atoms. The van der Waals surface area contributed by atoms with E-state index in [0.29, 0.717) is 6.04 Å². The van der Waals surface area contributed by atoms with Crippen LogP contribution < -0.4 is 10.6 Å². The number of likely N-dealkylation sites (tertiary alicyclic amines) is 1. The number of nitrogens with one attached hydrogen (secondary N) is 2. The van der Waals surface area contributed by atoms with Gasteiger partial charge in [-0.05, 0) is 66.1 Å². The lowest BCUT2D eigenvalue weighted by Crippen LogP contribution is -2.49. The summed E-state index contributed by atoms with van der Waals surface area (Å²) in [5, 5.41) is 7.59. The fraction of sp³-hybridized carbons (Fsp3) is 1.00. The fourth-order valence-electron chi connectivity index (χ4n) is 3.64. The van der Waals surface area contributed by atoms with Crippen molar-refractivity contribution >= 4 is 0 Å². The van der Waals surface area contributed by atoms with Gasteiger partial charge in [0.1, 0.15) is 0 Å². The van der Waals surface area contributed by atoms with Gasteiger partial charge in [0.2, 0.25) is 0 Å². The summed E-state index contributed by atoms with van der Waals surface area (Å²) in [7, 11) is 2.25. The van der Waals surface area contributed by atoms with Crippen LogP contribution in [-0.4, -0.2) is 49.2 Å². The fourth-order valence-corrected chi connectivity index (χ4v) is 3.64. The minimum absolute atomic E-state index is 0.649. The van der Waals surface area contributed by atoms with E-state index < -0.39 is 0 Å². The first-order valence-electron chi connectivity index (χ1n) is 8.35. The summed E-state index contributed by atoms with van der Waals surface area (Å²) in [5.74, 6) is 0. The lowest BCUT2D eigenvalue weighted by molar-refractivity contribution is 0.161. The predicted octanol–water partition coefficient (Wildman–Crippen LogP) is 2.37. The lowest BCUT2D eigenvalue weighted by atomic mass is 9.96. The number of rotatable bonds is 4. The molecule has 4 unspecified atom stereocenters. The maximum absolute atomic E-state index is 3.87. The third kappa shape index (κ3) is 5.05. The van der Waals surface area contributed by atoms with E-state index >= 15 is 0 Å². The molecule has 112 valence electrons. The van der Waals surface area contributed by atoms with Crippen LogP contribution in [0, 0.1) is 0 Å². The molecule has 2 aliphatic rings. The zero-order valence-corrected chi connectivity index (χ0v) is 13.1. The molecular formula is C16H33N3. The Labute approximate surface area is 119 Å². The van der Waals surface area contributed by atoms with E-state index in [1.54, 1.807) is 0 Å². The van der Waals surface area contributed by atoms with Crippen LogP contribution in [0.1, 0.15) is 58.8 Å². The molecule has 2 fully saturated rings. The molecule has 0 radical (unpaired) electrons. The topological polar surface area (TPSA) is 27.3 Å². The molecule has 4 atom stereocenters. The molecule has 3 nitrogen and oxygen atoms in total. The summed E-state index contributed by atoms with van der Waals surface area (Å²) in [6.07, 6.45) is 9.47. The van der Waals surface area contributed by atoms with Gasteiger partial charge >= 0.3 is 0 Å². The Hall–Kier alpha value is -0.120. The maximum atomic E-state index is 3.87. The highest BCUT2D eigenvalue weighted by Crippen LogP contribution is 2.17. The van der Waals surface area contributed by atoms with Crippen LogP contribution in [0.3, 0.4) is 0 Å². The molecule has 0 aromatic rings. The normalized spacial score (nSPS) is 35.8. The Bertz CT molecular complexity index is 248. The van der Waals surface area contributed by atoms with Crippen molar-refractivity contribution in [3.8, 4) is 0 Å². The molecule has 2 rings (SSSR count). The van der Waals surface area contributed by atoms with E-state index in [4.69, 9.17) is 0 Å². The molecule has 0 aliphatic carbocycles. The zero-order valence-electron chi connectivity index (χ0n) is 13.1. The van der Waals surface area contributed by atoms with Gasteiger partial charge in [0.25, 0.3) is 0 Å². The Morgan fingerprint density at radius 2 is 2.11 bits per heavy atom. The number of nitrogens with zero attached hydrogens (tertiary/aromatic N) is 1. The second kappa shape index (κ2) is 7.61. The lowest BCUT2D eigenvalue weighted by Gasteiger charge is -2.37. The second-order valence-electron chi connectivity index (χ2n) is 6.85. The molecule has 2 saturated heterocycles. The first-order valence-corrected chi connectivity index (χ1v) is 8.35. The maximum Gasteiger partial charge on any atom is 0.00965 e. The molecule has 3 heteroatoms. The van der Waals surface area contributed by atoms with Crippen molar-refractivity contribution in [2.24, 2.45) is 0 Å². The molecule has 0 amide bonds. The number of piperidine rings is 1. The summed E-state index contributed by atoms with van der Waals surface area (Å²) in [5.41, 5.74) is 0. The first-order chi connectivity index (χ1) is 9.15. The quantitative estimate of drug-likeness (QED) is 0.819. The number of hydrogen-bond acceptors (Lipinski definition) is 3. The van der Waals surface area contributed by atoms with E-state index in [1.165, 1.54) is 58.0 Å². The van der Waals surface area contributed by atoms with Crippen molar-refractivity contribution in [2.45, 2.75) is 83.0 Å². The number of hydrogen-bond donors (Lipinski definition) is 2. The van der Waals surface area contributed by atoms with Gasteiger partial charge < -0.3 is 15.5 Å². The highest BCUT2D eigenvalue weighted by atomic mass is 15.1. The standard InChI is InChI=1S/C16H33N3/c1-13(11-15-7-5-4-6-9-17-15)18-16-8-10-19(3)14(2)12-16/h13-18H,4-12H2,1-3H3. The van der Waals surface area contributed by atoms with Crippen LogP contribution in [-0.2, 0) is 0 Å². The monoisotopic (exact) mass is 267 g/mol. The summed E-state index contributed by atoms with van der Waals surface area (Å²) in [6, 6.07) is 2.85. The largest absolute Gasteiger partial charge is 0.314 e. The first kappa shape index (κ1) is 15.3. The summed E-state index contributed by atoms with van der Waals surface area (Å²) < 4.78 is 0. The Kier molecular flexibility index (Phi) is 6.11. The summed E-state index contributed by atoms with van der Waals surface area (Å²) >= 11 is 0. The third-order valence-electron chi connectivity index (χ3n) is 5.03. The smallest absolute Gasteiger partial charge is 0.00965 e.